The molecule has 14 nitrogen and oxygen atoms in total. The Hall–Kier alpha value is -5.97. The van der Waals surface area contributed by atoms with E-state index in [1.807, 2.05) is 60.7 Å². The summed E-state index contributed by atoms with van der Waals surface area (Å²) in [6.07, 6.45) is 0. The number of aromatic nitrogens is 7. The van der Waals surface area contributed by atoms with Crippen LogP contribution >= 0.6 is 23.1 Å². The maximum atomic E-state index is 9.90. The normalized spacial score (nSPS) is 16.7. The molecule has 44 heavy (non-hydrogen) atoms. The first-order chi connectivity index (χ1) is 21.6. The van der Waals surface area contributed by atoms with Gasteiger partial charge in [-0.3, -0.25) is 0 Å². The summed E-state index contributed by atoms with van der Waals surface area (Å²) in [4.78, 5) is 3.66. The molecule has 6 aromatic rings. The van der Waals surface area contributed by atoms with Crippen LogP contribution in [0.15, 0.2) is 80.3 Å². The van der Waals surface area contributed by atoms with Crippen molar-refractivity contribution in [1.29, 1.82) is 5.26 Å². The quantitative estimate of drug-likeness (QED) is 0.252. The highest BCUT2D eigenvalue weighted by Gasteiger charge is 2.45. The van der Waals surface area contributed by atoms with Gasteiger partial charge in [-0.05, 0) is 16.0 Å². The summed E-state index contributed by atoms with van der Waals surface area (Å²) in [6.45, 7) is 7.75. The highest BCUT2D eigenvalue weighted by molar-refractivity contribution is 8.03. The summed E-state index contributed by atoms with van der Waals surface area (Å²) in [6, 6.07) is 20.4. The Bertz CT molecular complexity index is 2270. The molecule has 8 rings (SSSR count). The van der Waals surface area contributed by atoms with E-state index in [1.54, 1.807) is 0 Å². The van der Waals surface area contributed by atoms with Gasteiger partial charge >= 0.3 is 0 Å². The number of rotatable bonds is 3. The van der Waals surface area contributed by atoms with E-state index in [-0.39, 0.29) is 28.1 Å². The number of nitrogen functional groups attached to an aromatic ring is 2. The maximum Gasteiger partial charge on any atom is 0.255 e. The Morgan fingerprint density at radius 3 is 2.32 bits per heavy atom. The van der Waals surface area contributed by atoms with E-state index >= 15 is 0 Å². The van der Waals surface area contributed by atoms with Gasteiger partial charge in [0.25, 0.3) is 5.69 Å². The molecule has 4 N–H and O–H groups in total. The average molecular weight is 613 g/mol. The molecule has 0 saturated carbocycles. The molecule has 2 aliphatic heterocycles. The minimum absolute atomic E-state index is 0.151. The summed E-state index contributed by atoms with van der Waals surface area (Å²) in [7, 11) is 0. The molecule has 210 valence electrons. The van der Waals surface area contributed by atoms with Gasteiger partial charge in [0, 0.05) is 11.1 Å². The Kier molecular flexibility index (Phi) is 5.73. The van der Waals surface area contributed by atoms with Crippen LogP contribution in [0.5, 0.6) is 0 Å². The monoisotopic (exact) mass is 612 g/mol. The number of thiophene rings is 1. The van der Waals surface area contributed by atoms with Crippen molar-refractivity contribution >= 4 is 56.5 Å². The van der Waals surface area contributed by atoms with Gasteiger partial charge in [-0.1, -0.05) is 60.7 Å². The van der Waals surface area contributed by atoms with Crippen molar-refractivity contribution in [3.8, 4) is 34.4 Å². The van der Waals surface area contributed by atoms with E-state index in [2.05, 4.69) is 46.9 Å². The number of anilines is 2. The fourth-order valence-electron chi connectivity index (χ4n) is 5.30. The van der Waals surface area contributed by atoms with E-state index in [1.165, 1.54) is 32.5 Å². The van der Waals surface area contributed by atoms with E-state index in [0.717, 1.165) is 20.9 Å². The smallest absolute Gasteiger partial charge is 0.255 e. The minimum atomic E-state index is -0.467. The molecule has 0 bridgehead atoms. The molecule has 2 atom stereocenters. The predicted molar refractivity (Wildman–Crippen MR) is 165 cm³/mol. The number of nitrogens with zero attached hydrogens (tertiary/aromatic N) is 12. The fraction of sp³-hybridized carbons (Fsp3) is 0.0714. The second kappa shape index (κ2) is 9.80. The van der Waals surface area contributed by atoms with Crippen LogP contribution in [-0.4, -0.2) is 46.1 Å². The van der Waals surface area contributed by atoms with Crippen molar-refractivity contribution in [1.82, 2.24) is 35.0 Å². The number of fused-ring (bicyclic) bond motifs is 5. The van der Waals surface area contributed by atoms with Gasteiger partial charge in [0.2, 0.25) is 0 Å². The Labute approximate surface area is 256 Å². The standard InChI is InChI=1S/C28H16N14S2/c1-32-21-18(14-10-6-3-7-11-14)38-42(25(21)31)27-23-20(34-40-36-27)16-19-22(43-28(16)44-23)26(35-39-33-19)41-24(30)15(12-29)17(37-41)13-8-4-2-5-9-13/h2-11,20,23H,30-31H2. The zero-order valence-corrected chi connectivity index (χ0v) is 23.9. The summed E-state index contributed by atoms with van der Waals surface area (Å²) in [5, 5.41) is 44.5. The van der Waals surface area contributed by atoms with Crippen LogP contribution in [0, 0.1) is 17.9 Å². The molecular weight excluding hydrogens is 597 g/mol. The van der Waals surface area contributed by atoms with Crippen molar-refractivity contribution in [3.63, 3.8) is 0 Å². The molecule has 0 spiro atoms. The Balaban J connectivity index is 1.21. The van der Waals surface area contributed by atoms with Gasteiger partial charge in [0.05, 0.1) is 10.8 Å². The van der Waals surface area contributed by atoms with Gasteiger partial charge in [0.1, 0.15) is 56.2 Å². The van der Waals surface area contributed by atoms with Gasteiger partial charge < -0.3 is 11.5 Å². The second-order valence-electron chi connectivity index (χ2n) is 9.71. The molecule has 2 aromatic carbocycles. The van der Waals surface area contributed by atoms with Crippen LogP contribution in [0.1, 0.15) is 17.2 Å². The molecule has 2 aliphatic rings. The zero-order valence-electron chi connectivity index (χ0n) is 22.3. The lowest BCUT2D eigenvalue weighted by Gasteiger charge is -2.20. The Morgan fingerprint density at radius 2 is 1.61 bits per heavy atom. The van der Waals surface area contributed by atoms with Crippen molar-refractivity contribution in [2.75, 3.05) is 11.5 Å². The van der Waals surface area contributed by atoms with Crippen LogP contribution in [0.25, 0.3) is 43.4 Å². The number of nitrogens with two attached hydrogens (primary N) is 2. The molecule has 0 radical (unpaired) electrons. The SMILES string of the molecule is [C-]#[N+]c1c(-c2ccccc2)nn(C2=NN=NC3c4c(sc5c(-n6nc(-c7ccccc7)c(C#N)c6N)nnnc45)SC23)c1N. The molecule has 0 saturated heterocycles. The highest BCUT2D eigenvalue weighted by atomic mass is 32.2. The van der Waals surface area contributed by atoms with E-state index < -0.39 is 6.04 Å². The predicted octanol–water partition coefficient (Wildman–Crippen LogP) is 5.23. The van der Waals surface area contributed by atoms with Gasteiger partial charge in [-0.2, -0.15) is 25.3 Å². The lowest BCUT2D eigenvalue weighted by molar-refractivity contribution is 0.668. The first-order valence-electron chi connectivity index (χ1n) is 13.0. The van der Waals surface area contributed by atoms with Crippen LogP contribution < -0.4 is 11.5 Å². The first-order valence-corrected chi connectivity index (χ1v) is 14.7. The molecule has 4 aromatic heterocycles. The first kappa shape index (κ1) is 25.7. The summed E-state index contributed by atoms with van der Waals surface area (Å²) in [5.74, 6) is 1.14. The van der Waals surface area contributed by atoms with E-state index in [0.29, 0.717) is 33.3 Å². The third-order valence-corrected chi connectivity index (χ3v) is 10.00. The number of benzene rings is 2. The molecular formula is C28H16N14S2. The van der Waals surface area contributed by atoms with Crippen LogP contribution in [-0.2, 0) is 0 Å². The maximum absolute atomic E-state index is 9.90. The van der Waals surface area contributed by atoms with Gasteiger partial charge in [-0.15, -0.1) is 38.4 Å². The van der Waals surface area contributed by atoms with Crippen molar-refractivity contribution < 1.29 is 0 Å². The highest BCUT2D eigenvalue weighted by Crippen LogP contribution is 2.55. The zero-order chi connectivity index (χ0) is 29.9. The lowest BCUT2D eigenvalue weighted by atomic mass is 10.1. The number of nitriles is 1. The van der Waals surface area contributed by atoms with Crippen LogP contribution in [0.3, 0.4) is 0 Å². The fourth-order valence-corrected chi connectivity index (χ4v) is 8.18. The van der Waals surface area contributed by atoms with E-state index in [4.69, 9.17) is 23.1 Å². The molecule has 2 unspecified atom stereocenters. The third-order valence-electron chi connectivity index (χ3n) is 7.32. The van der Waals surface area contributed by atoms with Crippen LogP contribution in [0.2, 0.25) is 0 Å². The topological polar surface area (TPSA) is 192 Å². The Morgan fingerprint density at radius 1 is 0.909 bits per heavy atom. The summed E-state index contributed by atoms with van der Waals surface area (Å²) in [5.41, 5.74) is 17.2. The minimum Gasteiger partial charge on any atom is -0.392 e. The number of hydrogen-bond donors (Lipinski definition) is 2. The van der Waals surface area contributed by atoms with E-state index in [9.17, 15) is 5.26 Å². The van der Waals surface area contributed by atoms with Crippen molar-refractivity contribution in [2.24, 2.45) is 15.4 Å². The van der Waals surface area contributed by atoms with Gasteiger partial charge in [-0.25, -0.2) is 9.53 Å². The van der Waals surface area contributed by atoms with Crippen LogP contribution in [0.4, 0.5) is 17.3 Å². The third kappa shape index (κ3) is 3.65. The van der Waals surface area contributed by atoms with Crippen molar-refractivity contribution in [2.45, 2.75) is 15.5 Å². The number of thioether (sulfide) groups is 1. The molecule has 6 heterocycles. The lowest BCUT2D eigenvalue weighted by Crippen LogP contribution is -2.31. The molecule has 0 fully saturated rings. The molecule has 0 amide bonds. The van der Waals surface area contributed by atoms with Crippen molar-refractivity contribution in [3.05, 3.63) is 83.2 Å². The number of hydrogen-bond acceptors (Lipinski definition) is 13. The van der Waals surface area contributed by atoms with Gasteiger partial charge in [0.15, 0.2) is 11.7 Å². The molecule has 0 aliphatic carbocycles. The second-order valence-corrected chi connectivity index (χ2v) is 12.1. The summed E-state index contributed by atoms with van der Waals surface area (Å²) < 4.78 is 4.52. The largest absolute Gasteiger partial charge is 0.392 e. The molecule has 16 heteroatoms. The summed E-state index contributed by atoms with van der Waals surface area (Å²) >= 11 is 2.97. The average Bonchev–Trinajstić information content (AvgIpc) is 3.80.